The molecule has 1 N–H and O–H groups in total. The Morgan fingerprint density at radius 1 is 1.35 bits per heavy atom. The van der Waals surface area contributed by atoms with Crippen LogP contribution in [0, 0.1) is 0 Å². The van der Waals surface area contributed by atoms with Gasteiger partial charge >= 0.3 is 0 Å². The van der Waals surface area contributed by atoms with E-state index in [1.807, 2.05) is 11.3 Å². The fourth-order valence-corrected chi connectivity index (χ4v) is 3.31. The van der Waals surface area contributed by atoms with E-state index in [0.29, 0.717) is 0 Å². The zero-order valence-electron chi connectivity index (χ0n) is 11.1. The highest BCUT2D eigenvalue weighted by atomic mass is 32.1. The third-order valence-corrected chi connectivity index (χ3v) is 4.38. The fraction of sp³-hybridized carbons (Fsp3) is 0.714. The van der Waals surface area contributed by atoms with E-state index in [-0.39, 0.29) is 11.5 Å². The van der Waals surface area contributed by atoms with Crippen LogP contribution in [-0.4, -0.2) is 29.2 Å². The topological polar surface area (TPSA) is 23.5 Å². The number of thiophene rings is 1. The molecule has 0 aromatic carbocycles. The van der Waals surface area contributed by atoms with Crippen LogP contribution in [0.4, 0.5) is 0 Å². The van der Waals surface area contributed by atoms with Crippen LogP contribution in [0.15, 0.2) is 11.4 Å². The van der Waals surface area contributed by atoms with Gasteiger partial charge in [-0.3, -0.25) is 4.90 Å². The van der Waals surface area contributed by atoms with E-state index in [1.165, 1.54) is 10.4 Å². The van der Waals surface area contributed by atoms with Crippen molar-refractivity contribution in [1.82, 2.24) is 4.90 Å². The van der Waals surface area contributed by atoms with E-state index >= 15 is 0 Å². The third kappa shape index (κ3) is 3.54. The molecular formula is C14H23NOS. The van der Waals surface area contributed by atoms with E-state index < -0.39 is 0 Å². The van der Waals surface area contributed by atoms with Gasteiger partial charge in [0.25, 0.3) is 0 Å². The molecule has 0 saturated carbocycles. The zero-order valence-corrected chi connectivity index (χ0v) is 11.9. The highest BCUT2D eigenvalue weighted by Crippen LogP contribution is 2.28. The van der Waals surface area contributed by atoms with Gasteiger partial charge in [0, 0.05) is 24.5 Å². The molecular weight excluding hydrogens is 230 g/mol. The molecule has 2 rings (SSSR count). The largest absolute Gasteiger partial charge is 0.393 e. The first-order chi connectivity index (χ1) is 7.95. The van der Waals surface area contributed by atoms with Crippen molar-refractivity contribution in [3.8, 4) is 0 Å². The van der Waals surface area contributed by atoms with Crippen LogP contribution < -0.4 is 0 Å². The van der Waals surface area contributed by atoms with Gasteiger partial charge in [-0.05, 0) is 35.3 Å². The number of piperidine rings is 1. The summed E-state index contributed by atoms with van der Waals surface area (Å²) < 4.78 is 0. The molecule has 17 heavy (non-hydrogen) atoms. The van der Waals surface area contributed by atoms with E-state index in [0.717, 1.165) is 32.5 Å². The number of aliphatic hydroxyl groups is 1. The van der Waals surface area contributed by atoms with Gasteiger partial charge in [0.1, 0.15) is 0 Å². The average molecular weight is 253 g/mol. The predicted octanol–water partition coefficient (Wildman–Crippen LogP) is 3.00. The summed E-state index contributed by atoms with van der Waals surface area (Å²) in [5.74, 6) is 0. The van der Waals surface area contributed by atoms with E-state index in [9.17, 15) is 5.11 Å². The molecule has 1 fully saturated rings. The predicted molar refractivity (Wildman–Crippen MR) is 73.5 cm³/mol. The second-order valence-corrected chi connectivity index (χ2v) is 7.05. The summed E-state index contributed by atoms with van der Waals surface area (Å²) in [6.07, 6.45) is 1.79. The Morgan fingerprint density at radius 3 is 2.53 bits per heavy atom. The van der Waals surface area contributed by atoms with Crippen LogP contribution in [-0.2, 0) is 12.0 Å². The van der Waals surface area contributed by atoms with Crippen molar-refractivity contribution in [2.75, 3.05) is 13.1 Å². The van der Waals surface area contributed by atoms with Crippen molar-refractivity contribution in [1.29, 1.82) is 0 Å². The van der Waals surface area contributed by atoms with Crippen LogP contribution >= 0.6 is 11.3 Å². The molecule has 96 valence electrons. The molecule has 0 radical (unpaired) electrons. The zero-order chi connectivity index (χ0) is 12.5. The van der Waals surface area contributed by atoms with Crippen molar-refractivity contribution >= 4 is 11.3 Å². The summed E-state index contributed by atoms with van der Waals surface area (Å²) in [6, 6.07) is 2.34. The summed E-state index contributed by atoms with van der Waals surface area (Å²) in [4.78, 5) is 3.90. The summed E-state index contributed by atoms with van der Waals surface area (Å²) in [6.45, 7) is 9.89. The minimum atomic E-state index is -0.0697. The van der Waals surface area contributed by atoms with Crippen molar-refractivity contribution in [3.63, 3.8) is 0 Å². The van der Waals surface area contributed by atoms with Crippen LogP contribution in [0.2, 0.25) is 0 Å². The molecule has 1 saturated heterocycles. The first-order valence-electron chi connectivity index (χ1n) is 6.43. The van der Waals surface area contributed by atoms with Gasteiger partial charge in [-0.15, -0.1) is 11.3 Å². The van der Waals surface area contributed by atoms with Gasteiger partial charge < -0.3 is 5.11 Å². The number of aliphatic hydroxyl groups excluding tert-OH is 1. The molecule has 0 spiro atoms. The Balaban J connectivity index is 1.93. The molecule has 3 heteroatoms. The summed E-state index contributed by atoms with van der Waals surface area (Å²) in [7, 11) is 0. The molecule has 1 aromatic rings. The molecule has 0 amide bonds. The summed E-state index contributed by atoms with van der Waals surface area (Å²) in [5.41, 5.74) is 1.70. The Bertz CT molecular complexity index is 359. The van der Waals surface area contributed by atoms with E-state index in [2.05, 4.69) is 37.1 Å². The van der Waals surface area contributed by atoms with Gasteiger partial charge in [0.2, 0.25) is 0 Å². The first kappa shape index (κ1) is 13.1. The SMILES string of the molecule is CC(C)(C)c1csc(CN2CCC(O)CC2)c1. The Hall–Kier alpha value is -0.380. The maximum Gasteiger partial charge on any atom is 0.0564 e. The third-order valence-electron chi connectivity index (χ3n) is 3.46. The van der Waals surface area contributed by atoms with Crippen molar-refractivity contribution < 1.29 is 5.11 Å². The van der Waals surface area contributed by atoms with Crippen LogP contribution in [0.1, 0.15) is 44.1 Å². The molecule has 2 heterocycles. The lowest BCUT2D eigenvalue weighted by atomic mass is 9.89. The van der Waals surface area contributed by atoms with Gasteiger partial charge in [0.05, 0.1) is 6.10 Å². The maximum atomic E-state index is 9.48. The van der Waals surface area contributed by atoms with Crippen LogP contribution in [0.5, 0.6) is 0 Å². The molecule has 0 unspecified atom stereocenters. The smallest absolute Gasteiger partial charge is 0.0564 e. The second-order valence-electron chi connectivity index (χ2n) is 6.06. The molecule has 1 aliphatic heterocycles. The molecule has 0 atom stereocenters. The van der Waals surface area contributed by atoms with Gasteiger partial charge in [0.15, 0.2) is 0 Å². The average Bonchev–Trinajstić information content (AvgIpc) is 2.69. The Morgan fingerprint density at radius 2 is 2.00 bits per heavy atom. The van der Waals surface area contributed by atoms with Crippen LogP contribution in [0.25, 0.3) is 0 Å². The molecule has 1 aromatic heterocycles. The lowest BCUT2D eigenvalue weighted by Gasteiger charge is -2.28. The monoisotopic (exact) mass is 253 g/mol. The molecule has 0 bridgehead atoms. The molecule has 0 aliphatic carbocycles. The number of nitrogens with zero attached hydrogens (tertiary/aromatic N) is 1. The highest BCUT2D eigenvalue weighted by molar-refractivity contribution is 7.10. The fourth-order valence-electron chi connectivity index (χ4n) is 2.15. The lowest BCUT2D eigenvalue weighted by molar-refractivity contribution is 0.0797. The lowest BCUT2D eigenvalue weighted by Crippen LogP contribution is -2.35. The number of hydrogen-bond donors (Lipinski definition) is 1. The standard InChI is InChI=1S/C14H23NOS/c1-14(2,3)11-8-13(17-10-11)9-15-6-4-12(16)5-7-15/h8,10,12,16H,4-7,9H2,1-3H3. The van der Waals surface area contributed by atoms with Gasteiger partial charge in [-0.1, -0.05) is 20.8 Å². The van der Waals surface area contributed by atoms with Crippen LogP contribution in [0.3, 0.4) is 0 Å². The van der Waals surface area contributed by atoms with Gasteiger partial charge in [-0.2, -0.15) is 0 Å². The van der Waals surface area contributed by atoms with Crippen molar-refractivity contribution in [2.45, 2.75) is 51.7 Å². The minimum Gasteiger partial charge on any atom is -0.393 e. The second kappa shape index (κ2) is 5.09. The number of rotatable bonds is 2. The number of likely N-dealkylation sites (tertiary alicyclic amines) is 1. The quantitative estimate of drug-likeness (QED) is 0.876. The summed E-state index contributed by atoms with van der Waals surface area (Å²) >= 11 is 1.87. The van der Waals surface area contributed by atoms with E-state index in [1.54, 1.807) is 0 Å². The maximum absolute atomic E-state index is 9.48. The van der Waals surface area contributed by atoms with Crippen molar-refractivity contribution in [3.05, 3.63) is 21.9 Å². The molecule has 2 nitrogen and oxygen atoms in total. The summed E-state index contributed by atoms with van der Waals surface area (Å²) in [5, 5.41) is 11.8. The van der Waals surface area contributed by atoms with Crippen molar-refractivity contribution in [2.24, 2.45) is 0 Å². The first-order valence-corrected chi connectivity index (χ1v) is 7.31. The Kier molecular flexibility index (Phi) is 3.91. The van der Waals surface area contributed by atoms with Gasteiger partial charge in [-0.25, -0.2) is 0 Å². The Labute approximate surface area is 108 Å². The normalized spacial score (nSPS) is 19.8. The van der Waals surface area contributed by atoms with E-state index in [4.69, 9.17) is 0 Å². The highest BCUT2D eigenvalue weighted by Gasteiger charge is 2.19. The minimum absolute atomic E-state index is 0.0697. The number of hydrogen-bond acceptors (Lipinski definition) is 3. The molecule has 1 aliphatic rings.